The summed E-state index contributed by atoms with van der Waals surface area (Å²) in [5.74, 6) is 0. The second-order valence-electron chi connectivity index (χ2n) is 3.69. The SMILES string of the molecule is CCCC(NC)c1cc(C)cc(Br)c1. The number of nitrogens with one attached hydrogen (secondary N) is 1. The summed E-state index contributed by atoms with van der Waals surface area (Å²) in [6, 6.07) is 7.07. The largest absolute Gasteiger partial charge is 0.313 e. The van der Waals surface area contributed by atoms with Crippen LogP contribution in [0.25, 0.3) is 0 Å². The number of halogens is 1. The van der Waals surface area contributed by atoms with Crippen LogP contribution in [-0.2, 0) is 0 Å². The summed E-state index contributed by atoms with van der Waals surface area (Å²) in [7, 11) is 2.02. The summed E-state index contributed by atoms with van der Waals surface area (Å²) < 4.78 is 1.17. The molecule has 0 aliphatic rings. The summed E-state index contributed by atoms with van der Waals surface area (Å²) in [6.07, 6.45) is 2.39. The molecular formula is C12H18BrN. The van der Waals surface area contributed by atoms with Crippen molar-refractivity contribution in [1.29, 1.82) is 0 Å². The van der Waals surface area contributed by atoms with Crippen LogP contribution in [0.5, 0.6) is 0 Å². The van der Waals surface area contributed by atoms with Gasteiger partial charge in [0.2, 0.25) is 0 Å². The van der Waals surface area contributed by atoms with Gasteiger partial charge in [-0.1, -0.05) is 35.3 Å². The summed E-state index contributed by atoms with van der Waals surface area (Å²) in [5.41, 5.74) is 2.69. The van der Waals surface area contributed by atoms with Gasteiger partial charge in [-0.3, -0.25) is 0 Å². The number of hydrogen-bond donors (Lipinski definition) is 1. The Kier molecular flexibility index (Phi) is 4.63. The molecule has 0 amide bonds. The predicted octanol–water partition coefficient (Wildman–Crippen LogP) is 3.82. The Bertz CT molecular complexity index is 276. The van der Waals surface area contributed by atoms with Gasteiger partial charge in [0, 0.05) is 10.5 Å². The van der Waals surface area contributed by atoms with Gasteiger partial charge in [0.15, 0.2) is 0 Å². The molecule has 0 saturated heterocycles. The van der Waals surface area contributed by atoms with Crippen molar-refractivity contribution < 1.29 is 0 Å². The molecule has 0 bridgehead atoms. The van der Waals surface area contributed by atoms with Crippen molar-refractivity contribution in [2.24, 2.45) is 0 Å². The molecule has 1 unspecified atom stereocenters. The Morgan fingerprint density at radius 1 is 1.36 bits per heavy atom. The van der Waals surface area contributed by atoms with Gasteiger partial charge in [-0.05, 0) is 43.7 Å². The fourth-order valence-electron chi connectivity index (χ4n) is 1.73. The summed E-state index contributed by atoms with van der Waals surface area (Å²) >= 11 is 3.53. The minimum Gasteiger partial charge on any atom is -0.313 e. The van der Waals surface area contributed by atoms with E-state index in [1.807, 2.05) is 7.05 Å². The molecule has 0 aromatic heterocycles. The lowest BCUT2D eigenvalue weighted by Crippen LogP contribution is -2.16. The van der Waals surface area contributed by atoms with Crippen LogP contribution in [0.15, 0.2) is 22.7 Å². The Hall–Kier alpha value is -0.340. The van der Waals surface area contributed by atoms with E-state index in [2.05, 4.69) is 53.3 Å². The maximum absolute atomic E-state index is 3.53. The fourth-order valence-corrected chi connectivity index (χ4v) is 2.36. The van der Waals surface area contributed by atoms with Crippen molar-refractivity contribution >= 4 is 15.9 Å². The van der Waals surface area contributed by atoms with Crippen LogP contribution >= 0.6 is 15.9 Å². The highest BCUT2D eigenvalue weighted by Gasteiger charge is 2.08. The molecule has 0 aliphatic carbocycles. The van der Waals surface area contributed by atoms with E-state index in [1.165, 1.54) is 28.4 Å². The topological polar surface area (TPSA) is 12.0 Å². The molecule has 1 rings (SSSR count). The van der Waals surface area contributed by atoms with Crippen molar-refractivity contribution in [3.63, 3.8) is 0 Å². The van der Waals surface area contributed by atoms with E-state index >= 15 is 0 Å². The normalized spacial score (nSPS) is 12.9. The molecule has 0 fully saturated rings. The maximum atomic E-state index is 3.53. The highest BCUT2D eigenvalue weighted by molar-refractivity contribution is 9.10. The second-order valence-corrected chi connectivity index (χ2v) is 4.61. The number of hydrogen-bond acceptors (Lipinski definition) is 1. The number of benzene rings is 1. The molecule has 2 heteroatoms. The Morgan fingerprint density at radius 3 is 2.57 bits per heavy atom. The smallest absolute Gasteiger partial charge is 0.0317 e. The first-order valence-electron chi connectivity index (χ1n) is 5.11. The van der Waals surface area contributed by atoms with Crippen molar-refractivity contribution in [1.82, 2.24) is 5.32 Å². The summed E-state index contributed by atoms with van der Waals surface area (Å²) in [4.78, 5) is 0. The Balaban J connectivity index is 2.91. The molecule has 1 aromatic carbocycles. The molecule has 0 heterocycles. The quantitative estimate of drug-likeness (QED) is 0.863. The predicted molar refractivity (Wildman–Crippen MR) is 65.6 cm³/mol. The molecular weight excluding hydrogens is 238 g/mol. The van der Waals surface area contributed by atoms with Gasteiger partial charge in [-0.15, -0.1) is 0 Å². The van der Waals surface area contributed by atoms with E-state index in [9.17, 15) is 0 Å². The van der Waals surface area contributed by atoms with Crippen molar-refractivity contribution in [2.75, 3.05) is 7.05 Å². The van der Waals surface area contributed by atoms with Gasteiger partial charge in [0.1, 0.15) is 0 Å². The molecule has 1 nitrogen and oxygen atoms in total. The van der Waals surface area contributed by atoms with Crippen molar-refractivity contribution in [3.8, 4) is 0 Å². The highest BCUT2D eigenvalue weighted by atomic mass is 79.9. The molecule has 0 radical (unpaired) electrons. The summed E-state index contributed by atoms with van der Waals surface area (Å²) in [6.45, 7) is 4.35. The van der Waals surface area contributed by atoms with E-state index in [0.717, 1.165) is 0 Å². The molecule has 0 aliphatic heterocycles. The zero-order valence-electron chi connectivity index (χ0n) is 9.10. The third kappa shape index (κ3) is 3.10. The van der Waals surface area contributed by atoms with Gasteiger partial charge in [-0.25, -0.2) is 0 Å². The molecule has 1 atom stereocenters. The average molecular weight is 256 g/mol. The monoisotopic (exact) mass is 255 g/mol. The number of aryl methyl sites for hydroxylation is 1. The molecule has 1 aromatic rings. The molecule has 0 saturated carbocycles. The minimum absolute atomic E-state index is 0.483. The number of rotatable bonds is 4. The van der Waals surface area contributed by atoms with E-state index in [0.29, 0.717) is 6.04 Å². The van der Waals surface area contributed by atoms with Crippen LogP contribution in [0.1, 0.15) is 36.9 Å². The molecule has 0 spiro atoms. The first kappa shape index (κ1) is 11.7. The molecule has 14 heavy (non-hydrogen) atoms. The van der Waals surface area contributed by atoms with Crippen LogP contribution < -0.4 is 5.32 Å². The lowest BCUT2D eigenvalue weighted by atomic mass is 10.0. The van der Waals surface area contributed by atoms with Gasteiger partial charge >= 0.3 is 0 Å². The Morgan fingerprint density at radius 2 is 2.07 bits per heavy atom. The van der Waals surface area contributed by atoms with Gasteiger partial charge in [0.05, 0.1) is 0 Å². The molecule has 78 valence electrons. The van der Waals surface area contributed by atoms with E-state index in [-0.39, 0.29) is 0 Å². The van der Waals surface area contributed by atoms with E-state index in [1.54, 1.807) is 0 Å². The fraction of sp³-hybridized carbons (Fsp3) is 0.500. The second kappa shape index (κ2) is 5.52. The van der Waals surface area contributed by atoms with Crippen LogP contribution in [0, 0.1) is 6.92 Å². The lowest BCUT2D eigenvalue weighted by molar-refractivity contribution is 0.541. The van der Waals surface area contributed by atoms with Gasteiger partial charge < -0.3 is 5.32 Å². The zero-order valence-corrected chi connectivity index (χ0v) is 10.7. The van der Waals surface area contributed by atoms with Crippen LogP contribution in [0.4, 0.5) is 0 Å². The highest BCUT2D eigenvalue weighted by Crippen LogP contribution is 2.23. The van der Waals surface area contributed by atoms with E-state index < -0.39 is 0 Å². The van der Waals surface area contributed by atoms with Crippen molar-refractivity contribution in [3.05, 3.63) is 33.8 Å². The van der Waals surface area contributed by atoms with Crippen LogP contribution in [0.3, 0.4) is 0 Å². The average Bonchev–Trinajstić information content (AvgIpc) is 2.12. The van der Waals surface area contributed by atoms with Crippen molar-refractivity contribution in [2.45, 2.75) is 32.7 Å². The summed E-state index contributed by atoms with van der Waals surface area (Å²) in [5, 5.41) is 3.35. The zero-order chi connectivity index (χ0) is 10.6. The first-order chi connectivity index (χ1) is 6.67. The standard InChI is InChI=1S/C12H18BrN/c1-4-5-12(14-3)10-6-9(2)7-11(13)8-10/h6-8,12,14H,4-5H2,1-3H3. The first-order valence-corrected chi connectivity index (χ1v) is 5.91. The third-order valence-electron chi connectivity index (χ3n) is 2.39. The van der Waals surface area contributed by atoms with Crippen LogP contribution in [0.2, 0.25) is 0 Å². The maximum Gasteiger partial charge on any atom is 0.0317 e. The third-order valence-corrected chi connectivity index (χ3v) is 2.85. The van der Waals surface area contributed by atoms with E-state index in [4.69, 9.17) is 0 Å². The van der Waals surface area contributed by atoms with Crippen LogP contribution in [-0.4, -0.2) is 7.05 Å². The molecule has 1 N–H and O–H groups in total. The van der Waals surface area contributed by atoms with Gasteiger partial charge in [0.25, 0.3) is 0 Å². The lowest BCUT2D eigenvalue weighted by Gasteiger charge is -2.16. The Labute approximate surface area is 95.0 Å². The minimum atomic E-state index is 0.483. The van der Waals surface area contributed by atoms with Gasteiger partial charge in [-0.2, -0.15) is 0 Å².